The summed E-state index contributed by atoms with van der Waals surface area (Å²) in [7, 11) is 0. The molecule has 2 fully saturated rings. The average molecular weight is 583 g/mol. The molecule has 0 aliphatic carbocycles. The molecule has 3 N–H and O–H groups in total. The molecular formula is C32H34N6O5. The molecule has 0 saturated carbocycles. The fourth-order valence-electron chi connectivity index (χ4n) is 4.43. The summed E-state index contributed by atoms with van der Waals surface area (Å²) in [5.74, 6) is 2.56. The maximum atomic E-state index is 11.1. The van der Waals surface area contributed by atoms with Gasteiger partial charge in [0.15, 0.2) is 0 Å². The van der Waals surface area contributed by atoms with Crippen molar-refractivity contribution in [1.29, 1.82) is 0 Å². The largest absolute Gasteiger partial charge is 0.493 e. The first-order chi connectivity index (χ1) is 20.9. The second-order valence-electron chi connectivity index (χ2n) is 11.7. The number of aldehydes is 1. The quantitative estimate of drug-likeness (QED) is 0.167. The van der Waals surface area contributed by atoms with Crippen LogP contribution in [0.1, 0.15) is 24.2 Å². The maximum absolute atomic E-state index is 11.1. The summed E-state index contributed by atoms with van der Waals surface area (Å²) in [4.78, 5) is 24.8. The first-order valence-electron chi connectivity index (χ1n) is 14.1. The van der Waals surface area contributed by atoms with E-state index in [2.05, 4.69) is 44.7 Å². The van der Waals surface area contributed by atoms with Crippen molar-refractivity contribution in [2.24, 2.45) is 10.8 Å². The van der Waals surface area contributed by atoms with Crippen LogP contribution in [0.25, 0.3) is 0 Å². The Morgan fingerprint density at radius 3 is 1.28 bits per heavy atom. The van der Waals surface area contributed by atoms with E-state index in [-0.39, 0.29) is 10.8 Å². The van der Waals surface area contributed by atoms with Gasteiger partial charge in [0.05, 0.1) is 39.6 Å². The molecule has 222 valence electrons. The number of rotatable bonds is 13. The molecule has 2 saturated heterocycles. The number of anilines is 6. The zero-order valence-electron chi connectivity index (χ0n) is 24.1. The summed E-state index contributed by atoms with van der Waals surface area (Å²) in [6.45, 7) is 8.37. The first-order valence-corrected chi connectivity index (χ1v) is 14.1. The number of nitrogens with zero attached hydrogens (tertiary/aromatic N) is 3. The maximum Gasteiger partial charge on any atom is 0.233 e. The highest BCUT2D eigenvalue weighted by atomic mass is 16.5. The van der Waals surface area contributed by atoms with E-state index in [1.54, 1.807) is 24.3 Å². The molecule has 0 spiro atoms. The number of benzene rings is 3. The number of hydrogen-bond donors (Lipinski definition) is 3. The van der Waals surface area contributed by atoms with Crippen molar-refractivity contribution in [3.8, 4) is 11.5 Å². The molecular weight excluding hydrogens is 548 g/mol. The molecule has 3 aromatic carbocycles. The van der Waals surface area contributed by atoms with Gasteiger partial charge in [-0.05, 0) is 72.8 Å². The highest BCUT2D eigenvalue weighted by Gasteiger charge is 2.35. The van der Waals surface area contributed by atoms with E-state index >= 15 is 0 Å². The number of hydrogen-bond acceptors (Lipinski definition) is 11. The van der Waals surface area contributed by atoms with Crippen LogP contribution in [-0.4, -0.2) is 60.9 Å². The van der Waals surface area contributed by atoms with Gasteiger partial charge in [0.1, 0.15) is 17.8 Å². The van der Waals surface area contributed by atoms with E-state index in [0.29, 0.717) is 63.0 Å². The molecule has 0 atom stereocenters. The smallest absolute Gasteiger partial charge is 0.233 e. The van der Waals surface area contributed by atoms with Gasteiger partial charge in [-0.1, -0.05) is 13.8 Å². The lowest BCUT2D eigenvalue weighted by Gasteiger charge is -2.37. The zero-order valence-corrected chi connectivity index (χ0v) is 24.1. The molecule has 4 aromatic rings. The predicted molar refractivity (Wildman–Crippen MR) is 163 cm³/mol. The van der Waals surface area contributed by atoms with E-state index in [1.807, 2.05) is 48.5 Å². The Bertz CT molecular complexity index is 1450. The van der Waals surface area contributed by atoms with Crippen LogP contribution < -0.4 is 25.4 Å². The van der Waals surface area contributed by atoms with Gasteiger partial charge in [-0.2, -0.15) is 15.0 Å². The summed E-state index contributed by atoms with van der Waals surface area (Å²) < 4.78 is 22.5. The Hall–Kier alpha value is -4.74. The lowest BCUT2D eigenvalue weighted by Crippen LogP contribution is -2.44. The molecule has 11 nitrogen and oxygen atoms in total. The summed E-state index contributed by atoms with van der Waals surface area (Å²) in [5, 5.41) is 9.70. The minimum Gasteiger partial charge on any atom is -0.493 e. The SMILES string of the molecule is CC1(COc2ccc(Nc3nc(Nc4ccc(C=O)cc4)nc(Nc4ccc(OCC5(C)COC5)cc4)n3)cc2)COC1. The molecule has 1 aromatic heterocycles. The van der Waals surface area contributed by atoms with Crippen LogP contribution >= 0.6 is 0 Å². The third-order valence-electron chi connectivity index (χ3n) is 7.14. The number of aromatic nitrogens is 3. The Kier molecular flexibility index (Phi) is 8.08. The monoisotopic (exact) mass is 582 g/mol. The van der Waals surface area contributed by atoms with Crippen molar-refractivity contribution in [1.82, 2.24) is 15.0 Å². The Balaban J connectivity index is 1.16. The number of carbonyl (C=O) groups is 1. The average Bonchev–Trinajstić information content (AvgIpc) is 2.99. The summed E-state index contributed by atoms with van der Waals surface area (Å²) in [5.41, 5.74) is 3.02. The van der Waals surface area contributed by atoms with Crippen LogP contribution in [0.3, 0.4) is 0 Å². The number of carbonyl (C=O) groups excluding carboxylic acids is 1. The summed E-state index contributed by atoms with van der Waals surface area (Å²) in [6.07, 6.45) is 0.799. The molecule has 2 aliphatic rings. The van der Waals surface area contributed by atoms with Crippen molar-refractivity contribution in [3.63, 3.8) is 0 Å². The summed E-state index contributed by atoms with van der Waals surface area (Å²) in [6, 6.07) is 22.3. The number of nitrogens with one attached hydrogen (secondary N) is 3. The Labute approximate surface area is 250 Å². The molecule has 43 heavy (non-hydrogen) atoms. The fourth-order valence-corrected chi connectivity index (χ4v) is 4.43. The van der Waals surface area contributed by atoms with Gasteiger partial charge >= 0.3 is 0 Å². The molecule has 0 amide bonds. The molecule has 0 unspecified atom stereocenters. The van der Waals surface area contributed by atoms with E-state index in [1.165, 1.54) is 0 Å². The minimum absolute atomic E-state index is 0.0688. The van der Waals surface area contributed by atoms with Gasteiger partial charge in [0.2, 0.25) is 17.8 Å². The third kappa shape index (κ3) is 7.37. The zero-order chi connectivity index (χ0) is 29.7. The summed E-state index contributed by atoms with van der Waals surface area (Å²) >= 11 is 0. The van der Waals surface area contributed by atoms with Crippen molar-refractivity contribution in [3.05, 3.63) is 78.4 Å². The Morgan fingerprint density at radius 1 is 0.628 bits per heavy atom. The minimum atomic E-state index is 0.0688. The van der Waals surface area contributed by atoms with Gasteiger partial charge in [-0.15, -0.1) is 0 Å². The van der Waals surface area contributed by atoms with Gasteiger partial charge in [0.25, 0.3) is 0 Å². The molecule has 0 bridgehead atoms. The molecule has 0 radical (unpaired) electrons. The van der Waals surface area contributed by atoms with Crippen LogP contribution in [0.2, 0.25) is 0 Å². The lowest BCUT2D eigenvalue weighted by atomic mass is 9.90. The Morgan fingerprint density at radius 2 is 0.977 bits per heavy atom. The molecule has 3 heterocycles. The van der Waals surface area contributed by atoms with Crippen LogP contribution in [0.15, 0.2) is 72.8 Å². The highest BCUT2D eigenvalue weighted by molar-refractivity contribution is 5.76. The van der Waals surface area contributed by atoms with Crippen LogP contribution in [0, 0.1) is 10.8 Å². The van der Waals surface area contributed by atoms with Gasteiger partial charge in [0, 0.05) is 33.5 Å². The fraction of sp³-hybridized carbons (Fsp3) is 0.312. The van der Waals surface area contributed by atoms with E-state index in [0.717, 1.165) is 34.8 Å². The van der Waals surface area contributed by atoms with Gasteiger partial charge in [-0.25, -0.2) is 0 Å². The highest BCUT2D eigenvalue weighted by Crippen LogP contribution is 2.30. The second-order valence-corrected chi connectivity index (χ2v) is 11.7. The van der Waals surface area contributed by atoms with Crippen LogP contribution in [0.5, 0.6) is 11.5 Å². The topological polar surface area (TPSA) is 129 Å². The van der Waals surface area contributed by atoms with Crippen molar-refractivity contribution in [2.75, 3.05) is 55.6 Å². The van der Waals surface area contributed by atoms with Gasteiger partial charge < -0.3 is 34.9 Å². The van der Waals surface area contributed by atoms with E-state index in [9.17, 15) is 4.79 Å². The first kappa shape index (κ1) is 28.4. The van der Waals surface area contributed by atoms with Crippen LogP contribution in [0.4, 0.5) is 34.9 Å². The van der Waals surface area contributed by atoms with Crippen molar-refractivity contribution >= 4 is 41.2 Å². The number of ether oxygens (including phenoxy) is 4. The standard InChI is InChI=1S/C32H34N6O5/c1-31(16-40-17-31)20-42-26-11-7-24(8-12-26)34-29-36-28(33-23-5-3-22(15-39)4-6-23)37-30(38-29)35-25-9-13-27(14-10-25)43-21-32(2)18-41-19-32/h3-15H,16-21H2,1-2H3,(H3,33,34,35,36,37,38). The van der Waals surface area contributed by atoms with Crippen LogP contribution in [-0.2, 0) is 9.47 Å². The molecule has 6 rings (SSSR count). The second kappa shape index (κ2) is 12.2. The molecule has 11 heteroatoms. The van der Waals surface area contributed by atoms with Crippen molar-refractivity contribution < 1.29 is 23.7 Å². The normalized spacial score (nSPS) is 16.2. The van der Waals surface area contributed by atoms with E-state index < -0.39 is 0 Å². The van der Waals surface area contributed by atoms with E-state index in [4.69, 9.17) is 18.9 Å². The van der Waals surface area contributed by atoms with Crippen molar-refractivity contribution in [2.45, 2.75) is 13.8 Å². The molecule has 2 aliphatic heterocycles. The third-order valence-corrected chi connectivity index (χ3v) is 7.14. The predicted octanol–water partition coefficient (Wildman–Crippen LogP) is 5.75. The van der Waals surface area contributed by atoms with Gasteiger partial charge in [-0.3, -0.25) is 4.79 Å². The lowest BCUT2D eigenvalue weighted by molar-refractivity contribution is -0.120.